The van der Waals surface area contributed by atoms with E-state index < -0.39 is 18.2 Å². The molecule has 2 fully saturated rings. The summed E-state index contributed by atoms with van der Waals surface area (Å²) < 4.78 is 42.5. The van der Waals surface area contributed by atoms with Crippen LogP contribution in [0.4, 0.5) is 13.2 Å². The van der Waals surface area contributed by atoms with Crippen LogP contribution in [0.15, 0.2) is 55.1 Å². The molecule has 0 saturated heterocycles. The van der Waals surface area contributed by atoms with Crippen LogP contribution in [0.2, 0.25) is 0 Å². The number of halogens is 3. The van der Waals surface area contributed by atoms with E-state index in [1.807, 2.05) is 12.1 Å². The normalized spacial score (nSPS) is 24.5. The molecule has 2 aliphatic carbocycles. The Kier molecular flexibility index (Phi) is 7.81. The quantitative estimate of drug-likeness (QED) is 0.318. The zero-order valence-corrected chi connectivity index (χ0v) is 18.9. The van der Waals surface area contributed by atoms with Crippen molar-refractivity contribution in [2.75, 3.05) is 0 Å². The smallest absolute Gasteiger partial charge is 0.387 e. The van der Waals surface area contributed by atoms with Crippen molar-refractivity contribution in [3.8, 4) is 17.6 Å². The largest absolute Gasteiger partial charge is 0.432 e. The summed E-state index contributed by atoms with van der Waals surface area (Å²) in [6, 6.07) is 12.2. The number of hydrogen-bond acceptors (Lipinski definition) is 1. The second-order valence-electron chi connectivity index (χ2n) is 9.47. The summed E-state index contributed by atoms with van der Waals surface area (Å²) in [5, 5.41) is 0. The van der Waals surface area contributed by atoms with E-state index in [0.29, 0.717) is 11.5 Å². The van der Waals surface area contributed by atoms with Gasteiger partial charge in [0.1, 0.15) is 0 Å². The van der Waals surface area contributed by atoms with Crippen LogP contribution in [0.3, 0.4) is 0 Å². The van der Waals surface area contributed by atoms with Crippen LogP contribution in [-0.4, -0.2) is 6.61 Å². The highest BCUT2D eigenvalue weighted by Gasteiger charge is 2.35. The third kappa shape index (κ3) is 6.22. The highest BCUT2D eigenvalue weighted by molar-refractivity contribution is 5.45. The lowest BCUT2D eigenvalue weighted by molar-refractivity contribution is -0.0521. The van der Waals surface area contributed by atoms with Crippen molar-refractivity contribution in [2.24, 2.45) is 17.8 Å². The molecule has 2 aromatic rings. The molecule has 2 aromatic carbocycles. The van der Waals surface area contributed by atoms with Crippen molar-refractivity contribution < 1.29 is 17.9 Å². The Morgan fingerprint density at radius 3 is 2.36 bits per heavy atom. The third-order valence-electron chi connectivity index (χ3n) is 7.38. The lowest BCUT2D eigenvalue weighted by atomic mass is 9.63. The van der Waals surface area contributed by atoms with E-state index in [0.717, 1.165) is 35.8 Å². The molecular formula is C29H31F3O. The molecule has 2 aliphatic rings. The molecule has 33 heavy (non-hydrogen) atoms. The topological polar surface area (TPSA) is 9.23 Å². The maximum atomic E-state index is 13.9. The van der Waals surface area contributed by atoms with Gasteiger partial charge in [0.2, 0.25) is 0 Å². The van der Waals surface area contributed by atoms with Crippen LogP contribution >= 0.6 is 0 Å². The van der Waals surface area contributed by atoms with Crippen LogP contribution in [-0.2, 0) is 0 Å². The van der Waals surface area contributed by atoms with E-state index in [-0.39, 0.29) is 0 Å². The number of allylic oxidation sites excluding steroid dienone is 1. The van der Waals surface area contributed by atoms with E-state index in [9.17, 15) is 13.2 Å². The molecule has 174 valence electrons. The number of ether oxygens (including phenoxy) is 1. The first-order chi connectivity index (χ1) is 16.0. The zero-order chi connectivity index (χ0) is 23.2. The summed E-state index contributed by atoms with van der Waals surface area (Å²) in [5.41, 5.74) is 2.65. The molecule has 4 atom stereocenters. The Morgan fingerprint density at radius 2 is 1.64 bits per heavy atom. The lowest BCUT2D eigenvalue weighted by Crippen LogP contribution is -2.30. The average Bonchev–Trinajstić information content (AvgIpc) is 2.82. The second kappa shape index (κ2) is 11.0. The first-order valence-electron chi connectivity index (χ1n) is 12.0. The molecule has 4 rings (SSSR count). The number of alkyl halides is 2. The molecule has 0 radical (unpaired) electrons. The van der Waals surface area contributed by atoms with Gasteiger partial charge in [0.25, 0.3) is 0 Å². The Morgan fingerprint density at radius 1 is 0.939 bits per heavy atom. The van der Waals surface area contributed by atoms with E-state index in [1.165, 1.54) is 62.6 Å². The maximum Gasteiger partial charge on any atom is 0.387 e. The Balaban J connectivity index is 1.34. The zero-order valence-electron chi connectivity index (χ0n) is 18.9. The molecular weight excluding hydrogens is 421 g/mol. The summed E-state index contributed by atoms with van der Waals surface area (Å²) in [6.07, 6.45) is 12.5. The van der Waals surface area contributed by atoms with Crippen LogP contribution < -0.4 is 4.74 Å². The van der Waals surface area contributed by atoms with E-state index in [1.54, 1.807) is 0 Å². The van der Waals surface area contributed by atoms with Crippen molar-refractivity contribution in [3.05, 3.63) is 77.6 Å². The minimum atomic E-state index is -3.05. The fourth-order valence-electron chi connectivity index (χ4n) is 5.66. The molecule has 1 nitrogen and oxygen atoms in total. The SMILES string of the molecule is C=CCCC1CCC2CC(c3ccc(C#Cc4ccc(OC(F)F)c(F)c4)cc3)CCC2C1. The third-order valence-corrected chi connectivity index (χ3v) is 7.38. The maximum absolute atomic E-state index is 13.9. The molecule has 0 amide bonds. The Hall–Kier alpha value is -2.67. The summed E-state index contributed by atoms with van der Waals surface area (Å²) in [4.78, 5) is 0. The van der Waals surface area contributed by atoms with Gasteiger partial charge in [-0.05, 0) is 105 Å². The molecule has 0 bridgehead atoms. The molecule has 0 heterocycles. The van der Waals surface area contributed by atoms with Crippen molar-refractivity contribution in [1.29, 1.82) is 0 Å². The first-order valence-corrected chi connectivity index (χ1v) is 12.0. The van der Waals surface area contributed by atoms with Crippen molar-refractivity contribution in [1.82, 2.24) is 0 Å². The van der Waals surface area contributed by atoms with E-state index in [4.69, 9.17) is 0 Å². The van der Waals surface area contributed by atoms with Gasteiger partial charge in [-0.3, -0.25) is 0 Å². The lowest BCUT2D eigenvalue weighted by Gasteiger charge is -2.42. The Bertz CT molecular complexity index is 1000. The fraction of sp³-hybridized carbons (Fsp3) is 0.448. The number of hydrogen-bond donors (Lipinski definition) is 0. The number of benzene rings is 2. The predicted molar refractivity (Wildman–Crippen MR) is 126 cm³/mol. The summed E-state index contributed by atoms with van der Waals surface area (Å²) in [7, 11) is 0. The Labute approximate surface area is 195 Å². The summed E-state index contributed by atoms with van der Waals surface area (Å²) >= 11 is 0. The standard InChI is InChI=1S/C29H31F3O/c1-2-3-4-21-9-13-26-19-25(15-14-24(26)17-21)23-11-7-20(8-12-23)5-6-22-10-16-28(27(30)18-22)33-29(31)32/h2,7-8,10-12,16,18,21,24-26,29H,1,3-4,9,13-15,17,19H2. The molecule has 0 aliphatic heterocycles. The average molecular weight is 453 g/mol. The number of rotatable bonds is 6. The van der Waals surface area contributed by atoms with Crippen molar-refractivity contribution in [2.45, 2.75) is 63.9 Å². The minimum absolute atomic E-state index is 0.417. The van der Waals surface area contributed by atoms with Crippen LogP contribution in [0, 0.1) is 35.4 Å². The van der Waals surface area contributed by atoms with Crippen molar-refractivity contribution >= 4 is 0 Å². The van der Waals surface area contributed by atoms with Gasteiger partial charge in [0, 0.05) is 11.1 Å². The molecule has 0 aromatic heterocycles. The van der Waals surface area contributed by atoms with Gasteiger partial charge in [-0.15, -0.1) is 6.58 Å². The van der Waals surface area contributed by atoms with Gasteiger partial charge >= 0.3 is 6.61 Å². The van der Waals surface area contributed by atoms with E-state index in [2.05, 4.69) is 41.4 Å². The molecule has 0 spiro atoms. The van der Waals surface area contributed by atoms with Crippen molar-refractivity contribution in [3.63, 3.8) is 0 Å². The van der Waals surface area contributed by atoms with Crippen LogP contribution in [0.1, 0.15) is 74.0 Å². The number of fused-ring (bicyclic) bond motifs is 1. The monoisotopic (exact) mass is 452 g/mol. The van der Waals surface area contributed by atoms with E-state index >= 15 is 0 Å². The van der Waals surface area contributed by atoms with Crippen LogP contribution in [0.5, 0.6) is 5.75 Å². The highest BCUT2D eigenvalue weighted by Crippen LogP contribution is 2.48. The first kappa shape index (κ1) is 23.5. The van der Waals surface area contributed by atoms with Crippen LogP contribution in [0.25, 0.3) is 0 Å². The second-order valence-corrected chi connectivity index (χ2v) is 9.47. The molecule has 4 unspecified atom stereocenters. The minimum Gasteiger partial charge on any atom is -0.432 e. The van der Waals surface area contributed by atoms with Gasteiger partial charge in [-0.2, -0.15) is 8.78 Å². The van der Waals surface area contributed by atoms with Gasteiger partial charge in [0.15, 0.2) is 11.6 Å². The fourth-order valence-corrected chi connectivity index (χ4v) is 5.66. The van der Waals surface area contributed by atoms with Gasteiger partial charge in [-0.25, -0.2) is 4.39 Å². The van der Waals surface area contributed by atoms with Gasteiger partial charge in [-0.1, -0.05) is 36.5 Å². The molecule has 2 saturated carbocycles. The molecule has 4 heteroatoms. The summed E-state index contributed by atoms with van der Waals surface area (Å²) in [6.45, 7) is 0.814. The molecule has 0 N–H and O–H groups in total. The highest BCUT2D eigenvalue weighted by atomic mass is 19.3. The van der Waals surface area contributed by atoms with Gasteiger partial charge in [0.05, 0.1) is 0 Å². The van der Waals surface area contributed by atoms with Gasteiger partial charge < -0.3 is 4.74 Å². The summed E-state index contributed by atoms with van der Waals surface area (Å²) in [5.74, 6) is 7.88. The predicted octanol–water partition coefficient (Wildman–Crippen LogP) is 8.09.